The second-order valence-corrected chi connectivity index (χ2v) is 5.70. The van der Waals surface area contributed by atoms with Crippen LogP contribution in [0.1, 0.15) is 5.56 Å². The number of halogens is 1. The van der Waals surface area contributed by atoms with E-state index in [0.29, 0.717) is 11.6 Å². The molecule has 0 saturated heterocycles. The number of rotatable bonds is 4. The molecule has 3 rings (SSSR count). The molecule has 1 aromatic carbocycles. The summed E-state index contributed by atoms with van der Waals surface area (Å²) < 4.78 is 0. The number of anilines is 1. The van der Waals surface area contributed by atoms with E-state index in [2.05, 4.69) is 10.3 Å². The van der Waals surface area contributed by atoms with Gasteiger partial charge in [-0.05, 0) is 29.8 Å². The van der Waals surface area contributed by atoms with Crippen molar-refractivity contribution in [3.05, 3.63) is 62.6 Å². The molecule has 0 bridgehead atoms. The molecule has 106 valence electrons. The summed E-state index contributed by atoms with van der Waals surface area (Å²) in [6, 6.07) is 8.98. The molecule has 3 aromatic rings. The van der Waals surface area contributed by atoms with Gasteiger partial charge in [0.15, 0.2) is 0 Å². The quantitative estimate of drug-likeness (QED) is 0.569. The Labute approximate surface area is 129 Å². The SMILES string of the molecule is O=[N+]([O-])c1cc(CNc2ccc(Cl)c3cccnc23)cs1. The molecule has 0 saturated carbocycles. The fourth-order valence-corrected chi connectivity index (χ4v) is 2.97. The molecule has 0 amide bonds. The van der Waals surface area contributed by atoms with Crippen molar-refractivity contribution in [2.45, 2.75) is 6.54 Å². The minimum absolute atomic E-state index is 0.144. The first kappa shape index (κ1) is 13.8. The maximum Gasteiger partial charge on any atom is 0.324 e. The molecule has 2 aromatic heterocycles. The van der Waals surface area contributed by atoms with Crippen LogP contribution in [0.4, 0.5) is 10.7 Å². The normalized spacial score (nSPS) is 10.7. The number of thiophene rings is 1. The van der Waals surface area contributed by atoms with Crippen molar-refractivity contribution >= 4 is 44.5 Å². The van der Waals surface area contributed by atoms with Crippen LogP contribution >= 0.6 is 22.9 Å². The highest BCUT2D eigenvalue weighted by Gasteiger charge is 2.10. The minimum Gasteiger partial charge on any atom is -0.379 e. The molecule has 0 spiro atoms. The van der Waals surface area contributed by atoms with Crippen LogP contribution in [0.15, 0.2) is 41.9 Å². The van der Waals surface area contributed by atoms with Gasteiger partial charge in [0.1, 0.15) is 0 Å². The third-order valence-corrected chi connectivity index (χ3v) is 4.28. The Morgan fingerprint density at radius 3 is 3.00 bits per heavy atom. The van der Waals surface area contributed by atoms with Crippen molar-refractivity contribution in [2.75, 3.05) is 5.32 Å². The second-order valence-electron chi connectivity index (χ2n) is 4.40. The highest BCUT2D eigenvalue weighted by Crippen LogP contribution is 2.29. The van der Waals surface area contributed by atoms with Crippen LogP contribution in [0.3, 0.4) is 0 Å². The van der Waals surface area contributed by atoms with Crippen molar-refractivity contribution in [1.29, 1.82) is 0 Å². The maximum atomic E-state index is 10.7. The third-order valence-electron chi connectivity index (χ3n) is 3.02. The highest BCUT2D eigenvalue weighted by molar-refractivity contribution is 7.13. The fraction of sp³-hybridized carbons (Fsp3) is 0.0714. The monoisotopic (exact) mass is 319 g/mol. The van der Waals surface area contributed by atoms with Crippen LogP contribution in [-0.4, -0.2) is 9.91 Å². The summed E-state index contributed by atoms with van der Waals surface area (Å²) in [7, 11) is 0. The van der Waals surface area contributed by atoms with E-state index in [0.717, 1.165) is 33.5 Å². The van der Waals surface area contributed by atoms with Gasteiger partial charge in [0.05, 0.1) is 21.2 Å². The van der Waals surface area contributed by atoms with Gasteiger partial charge in [-0.3, -0.25) is 15.1 Å². The standard InChI is InChI=1S/C14H10ClN3O2S/c15-11-3-4-12(14-10(11)2-1-5-16-14)17-7-9-6-13(18(19)20)21-8-9/h1-6,8,17H,7H2. The number of nitrogens with zero attached hydrogens (tertiary/aromatic N) is 2. The van der Waals surface area contributed by atoms with E-state index in [1.807, 2.05) is 24.3 Å². The predicted molar refractivity (Wildman–Crippen MR) is 85.1 cm³/mol. The van der Waals surface area contributed by atoms with Gasteiger partial charge in [-0.2, -0.15) is 0 Å². The first-order valence-electron chi connectivity index (χ1n) is 6.14. The predicted octanol–water partition coefficient (Wildman–Crippen LogP) is 4.47. The summed E-state index contributed by atoms with van der Waals surface area (Å²) in [6.45, 7) is 0.498. The topological polar surface area (TPSA) is 68.1 Å². The van der Waals surface area contributed by atoms with Crippen molar-refractivity contribution in [2.24, 2.45) is 0 Å². The van der Waals surface area contributed by atoms with Crippen LogP contribution < -0.4 is 5.32 Å². The van der Waals surface area contributed by atoms with Crippen molar-refractivity contribution in [3.63, 3.8) is 0 Å². The number of nitro groups is 1. The average molecular weight is 320 g/mol. The maximum absolute atomic E-state index is 10.7. The average Bonchev–Trinajstić information content (AvgIpc) is 2.96. The van der Waals surface area contributed by atoms with Crippen LogP contribution in [0.2, 0.25) is 5.02 Å². The zero-order valence-electron chi connectivity index (χ0n) is 10.7. The minimum atomic E-state index is -0.382. The summed E-state index contributed by atoms with van der Waals surface area (Å²) in [5, 5.41) is 17.4. The van der Waals surface area contributed by atoms with Gasteiger partial charge in [-0.15, -0.1) is 0 Å². The smallest absolute Gasteiger partial charge is 0.324 e. The van der Waals surface area contributed by atoms with Crippen LogP contribution in [0, 0.1) is 10.1 Å². The summed E-state index contributed by atoms with van der Waals surface area (Å²) >= 11 is 7.27. The van der Waals surface area contributed by atoms with Crippen molar-refractivity contribution in [3.8, 4) is 0 Å². The zero-order chi connectivity index (χ0) is 14.8. The number of nitrogens with one attached hydrogen (secondary N) is 1. The van der Waals surface area contributed by atoms with Gasteiger partial charge in [0.2, 0.25) is 0 Å². The van der Waals surface area contributed by atoms with Gasteiger partial charge in [0, 0.05) is 29.6 Å². The Balaban J connectivity index is 1.85. The van der Waals surface area contributed by atoms with Gasteiger partial charge in [-0.1, -0.05) is 22.9 Å². The molecule has 1 N–H and O–H groups in total. The molecule has 5 nitrogen and oxygen atoms in total. The van der Waals surface area contributed by atoms with E-state index in [1.54, 1.807) is 17.6 Å². The van der Waals surface area contributed by atoms with E-state index >= 15 is 0 Å². The molecule has 0 radical (unpaired) electrons. The lowest BCUT2D eigenvalue weighted by atomic mass is 10.2. The number of benzene rings is 1. The van der Waals surface area contributed by atoms with Gasteiger partial charge >= 0.3 is 5.00 Å². The lowest BCUT2D eigenvalue weighted by Crippen LogP contribution is -1.99. The van der Waals surface area contributed by atoms with Crippen LogP contribution in [-0.2, 0) is 6.54 Å². The van der Waals surface area contributed by atoms with Crippen molar-refractivity contribution in [1.82, 2.24) is 4.98 Å². The van der Waals surface area contributed by atoms with Gasteiger partial charge < -0.3 is 5.32 Å². The Hall–Kier alpha value is -2.18. The molecule has 7 heteroatoms. The van der Waals surface area contributed by atoms with Gasteiger partial charge in [0.25, 0.3) is 0 Å². The molecule has 0 fully saturated rings. The summed E-state index contributed by atoms with van der Waals surface area (Å²) in [6.07, 6.45) is 1.71. The highest BCUT2D eigenvalue weighted by atomic mass is 35.5. The third kappa shape index (κ3) is 2.81. The van der Waals surface area contributed by atoms with E-state index in [9.17, 15) is 10.1 Å². The molecule has 0 atom stereocenters. The Morgan fingerprint density at radius 1 is 1.38 bits per heavy atom. The van der Waals surface area contributed by atoms with E-state index in [-0.39, 0.29) is 9.92 Å². The van der Waals surface area contributed by atoms with E-state index in [1.165, 1.54) is 0 Å². The first-order chi connectivity index (χ1) is 10.1. The largest absolute Gasteiger partial charge is 0.379 e. The number of hydrogen-bond donors (Lipinski definition) is 1. The van der Waals surface area contributed by atoms with Crippen LogP contribution in [0.5, 0.6) is 0 Å². The molecule has 0 aliphatic heterocycles. The van der Waals surface area contributed by atoms with Gasteiger partial charge in [-0.25, -0.2) is 0 Å². The number of fused-ring (bicyclic) bond motifs is 1. The molecule has 0 unspecified atom stereocenters. The molecular formula is C14H10ClN3O2S. The number of aromatic nitrogens is 1. The lowest BCUT2D eigenvalue weighted by Gasteiger charge is -2.09. The van der Waals surface area contributed by atoms with E-state index < -0.39 is 0 Å². The first-order valence-corrected chi connectivity index (χ1v) is 7.40. The molecule has 0 aliphatic carbocycles. The summed E-state index contributed by atoms with van der Waals surface area (Å²) in [5.41, 5.74) is 2.50. The van der Waals surface area contributed by atoms with E-state index in [4.69, 9.17) is 11.6 Å². The molecule has 0 aliphatic rings. The lowest BCUT2D eigenvalue weighted by molar-refractivity contribution is -0.380. The Morgan fingerprint density at radius 2 is 2.24 bits per heavy atom. The zero-order valence-corrected chi connectivity index (χ0v) is 12.3. The molecular weight excluding hydrogens is 310 g/mol. The number of hydrogen-bond acceptors (Lipinski definition) is 5. The summed E-state index contributed by atoms with van der Waals surface area (Å²) in [4.78, 5) is 14.6. The summed E-state index contributed by atoms with van der Waals surface area (Å²) in [5.74, 6) is 0. The Bertz CT molecular complexity index is 819. The fourth-order valence-electron chi connectivity index (χ4n) is 2.03. The second kappa shape index (κ2) is 5.67. The Kier molecular flexibility index (Phi) is 3.72. The number of pyridine rings is 1. The van der Waals surface area contributed by atoms with Crippen molar-refractivity contribution < 1.29 is 4.92 Å². The van der Waals surface area contributed by atoms with Crippen LogP contribution in [0.25, 0.3) is 10.9 Å². The molecule has 2 heterocycles. The molecule has 21 heavy (non-hydrogen) atoms.